The van der Waals surface area contributed by atoms with E-state index in [1.807, 2.05) is 19.1 Å². The van der Waals surface area contributed by atoms with E-state index in [9.17, 15) is 0 Å². The molecule has 0 amide bonds. The highest BCUT2D eigenvalue weighted by atomic mass is 32.2. The van der Waals surface area contributed by atoms with Gasteiger partial charge in [-0.25, -0.2) is 9.97 Å². The number of aromatic nitrogens is 4. The fourth-order valence-electron chi connectivity index (χ4n) is 0.960. The zero-order valence-electron chi connectivity index (χ0n) is 7.56. The lowest BCUT2D eigenvalue weighted by molar-refractivity contribution is 0.965. The summed E-state index contributed by atoms with van der Waals surface area (Å²) in [7, 11) is 0. The molecule has 72 valence electrons. The van der Waals surface area contributed by atoms with Crippen molar-refractivity contribution < 1.29 is 0 Å². The van der Waals surface area contributed by atoms with Gasteiger partial charge in [-0.1, -0.05) is 0 Å². The number of pyridine rings is 1. The summed E-state index contributed by atoms with van der Waals surface area (Å²) in [5.74, 6) is 0. The van der Waals surface area contributed by atoms with Gasteiger partial charge in [-0.15, -0.1) is 0 Å². The monoisotopic (exact) mass is 207 g/mol. The number of hydrogen-bond acceptors (Lipinski definition) is 5. The van der Waals surface area contributed by atoms with Gasteiger partial charge in [0.2, 0.25) is 0 Å². The lowest BCUT2D eigenvalue weighted by Crippen LogP contribution is -1.93. The Balaban J connectivity index is 2.28. The number of aryl methyl sites for hydroxylation is 1. The van der Waals surface area contributed by atoms with Crippen LogP contribution in [0.2, 0.25) is 0 Å². The summed E-state index contributed by atoms with van der Waals surface area (Å²) in [5, 5.41) is 7.92. The summed E-state index contributed by atoms with van der Waals surface area (Å²) in [6.45, 7) is 1.92. The number of rotatable bonds is 2. The highest BCUT2D eigenvalue weighted by Crippen LogP contribution is 2.27. The molecule has 2 rings (SSSR count). The van der Waals surface area contributed by atoms with Crippen molar-refractivity contribution in [2.45, 2.75) is 17.1 Å². The Morgan fingerprint density at radius 1 is 1.43 bits per heavy atom. The number of nitrogens with one attached hydrogen (secondary N) is 1. The maximum Gasteiger partial charge on any atom is 0.189 e. The van der Waals surface area contributed by atoms with Crippen LogP contribution in [0, 0.1) is 6.92 Å². The van der Waals surface area contributed by atoms with Crippen LogP contribution < -0.4 is 5.73 Å². The van der Waals surface area contributed by atoms with E-state index >= 15 is 0 Å². The van der Waals surface area contributed by atoms with Crippen LogP contribution in [0.5, 0.6) is 0 Å². The average molecular weight is 207 g/mol. The van der Waals surface area contributed by atoms with Gasteiger partial charge < -0.3 is 5.73 Å². The smallest absolute Gasteiger partial charge is 0.189 e. The standard InChI is InChI=1S/C8H9N5S/c1-5-2-3-6(9)7(12-5)14-8-10-4-11-13-8/h2-4H,9H2,1H3,(H,10,11,13). The second kappa shape index (κ2) is 3.67. The molecular formula is C8H9N5S. The summed E-state index contributed by atoms with van der Waals surface area (Å²) < 4.78 is 0. The van der Waals surface area contributed by atoms with E-state index in [1.54, 1.807) is 0 Å². The van der Waals surface area contributed by atoms with Crippen LogP contribution in [0.4, 0.5) is 5.69 Å². The van der Waals surface area contributed by atoms with E-state index in [-0.39, 0.29) is 0 Å². The number of H-pyrrole nitrogens is 1. The molecule has 14 heavy (non-hydrogen) atoms. The Labute approximate surface area is 85.2 Å². The molecule has 6 heteroatoms. The third-order valence-electron chi connectivity index (χ3n) is 1.62. The molecule has 5 nitrogen and oxygen atoms in total. The lowest BCUT2D eigenvalue weighted by atomic mass is 10.3. The van der Waals surface area contributed by atoms with Gasteiger partial charge in [-0.2, -0.15) is 5.10 Å². The number of anilines is 1. The summed E-state index contributed by atoms with van der Waals surface area (Å²) in [5.41, 5.74) is 7.34. The molecule has 0 unspecified atom stereocenters. The van der Waals surface area contributed by atoms with Gasteiger partial charge in [0.15, 0.2) is 5.16 Å². The Morgan fingerprint density at radius 2 is 2.29 bits per heavy atom. The van der Waals surface area contributed by atoms with Crippen LogP contribution in [0.25, 0.3) is 0 Å². The van der Waals surface area contributed by atoms with Crippen molar-refractivity contribution in [3.8, 4) is 0 Å². The largest absolute Gasteiger partial charge is 0.397 e. The maximum atomic E-state index is 5.76. The van der Waals surface area contributed by atoms with Crippen LogP contribution >= 0.6 is 11.8 Å². The van der Waals surface area contributed by atoms with Crippen molar-refractivity contribution in [3.05, 3.63) is 24.2 Å². The molecule has 0 aliphatic rings. The summed E-state index contributed by atoms with van der Waals surface area (Å²) >= 11 is 1.37. The zero-order chi connectivity index (χ0) is 9.97. The van der Waals surface area contributed by atoms with Crippen molar-refractivity contribution in [1.82, 2.24) is 20.2 Å². The van der Waals surface area contributed by atoms with Crippen LogP contribution in [-0.2, 0) is 0 Å². The Bertz CT molecular complexity index is 425. The first kappa shape index (κ1) is 9.01. The quantitative estimate of drug-likeness (QED) is 0.774. The van der Waals surface area contributed by atoms with E-state index in [0.717, 1.165) is 10.7 Å². The molecule has 2 aromatic rings. The van der Waals surface area contributed by atoms with Crippen LogP contribution in [-0.4, -0.2) is 20.2 Å². The average Bonchev–Trinajstić information content (AvgIpc) is 2.64. The molecule has 0 spiro atoms. The molecule has 0 aromatic carbocycles. The van der Waals surface area contributed by atoms with Gasteiger partial charge in [0.05, 0.1) is 5.69 Å². The van der Waals surface area contributed by atoms with Crippen molar-refractivity contribution >= 4 is 17.4 Å². The fourth-order valence-corrected chi connectivity index (χ4v) is 1.72. The molecule has 0 radical (unpaired) electrons. The minimum atomic E-state index is 0.650. The van der Waals surface area contributed by atoms with Crippen LogP contribution in [0.3, 0.4) is 0 Å². The Hall–Kier alpha value is -1.56. The lowest BCUT2D eigenvalue weighted by Gasteiger charge is -2.02. The Morgan fingerprint density at radius 3 is 3.00 bits per heavy atom. The molecule has 0 fully saturated rings. The van der Waals surface area contributed by atoms with Crippen molar-refractivity contribution in [3.63, 3.8) is 0 Å². The Kier molecular flexibility index (Phi) is 2.36. The van der Waals surface area contributed by atoms with Crippen LogP contribution in [0.1, 0.15) is 5.69 Å². The van der Waals surface area contributed by atoms with E-state index in [2.05, 4.69) is 20.2 Å². The molecular weight excluding hydrogens is 198 g/mol. The highest BCUT2D eigenvalue weighted by Gasteiger charge is 2.05. The van der Waals surface area contributed by atoms with Gasteiger partial charge in [0.1, 0.15) is 11.4 Å². The molecule has 2 heterocycles. The van der Waals surface area contributed by atoms with Gasteiger partial charge in [-0.05, 0) is 30.8 Å². The van der Waals surface area contributed by atoms with Crippen molar-refractivity contribution in [1.29, 1.82) is 0 Å². The second-order valence-corrected chi connectivity index (χ2v) is 3.72. The maximum absolute atomic E-state index is 5.76. The molecule has 2 aromatic heterocycles. The van der Waals surface area contributed by atoms with Crippen LogP contribution in [0.15, 0.2) is 28.6 Å². The summed E-state index contributed by atoms with van der Waals surface area (Å²) in [6.07, 6.45) is 1.45. The summed E-state index contributed by atoms with van der Waals surface area (Å²) in [6, 6.07) is 3.71. The molecule has 0 saturated carbocycles. The predicted molar refractivity (Wildman–Crippen MR) is 53.9 cm³/mol. The number of hydrogen-bond donors (Lipinski definition) is 2. The van der Waals surface area contributed by atoms with Gasteiger partial charge in [0.25, 0.3) is 0 Å². The highest BCUT2D eigenvalue weighted by molar-refractivity contribution is 7.99. The molecule has 0 aliphatic heterocycles. The predicted octanol–water partition coefficient (Wildman–Crippen LogP) is 1.24. The van der Waals surface area contributed by atoms with Crippen molar-refractivity contribution in [2.24, 2.45) is 0 Å². The van der Waals surface area contributed by atoms with Crippen molar-refractivity contribution in [2.75, 3.05) is 5.73 Å². The third kappa shape index (κ3) is 1.85. The second-order valence-electron chi connectivity index (χ2n) is 2.74. The van der Waals surface area contributed by atoms with Gasteiger partial charge in [0, 0.05) is 5.69 Å². The number of nitrogens with zero attached hydrogens (tertiary/aromatic N) is 3. The molecule has 0 aliphatic carbocycles. The number of nitrogens with two attached hydrogens (primary N) is 1. The first-order chi connectivity index (χ1) is 6.75. The SMILES string of the molecule is Cc1ccc(N)c(Sc2ncn[nH]2)n1. The minimum Gasteiger partial charge on any atom is -0.397 e. The van der Waals surface area contributed by atoms with Gasteiger partial charge >= 0.3 is 0 Å². The third-order valence-corrected chi connectivity index (χ3v) is 2.53. The molecule has 0 saturated heterocycles. The van der Waals surface area contributed by atoms with E-state index in [1.165, 1.54) is 18.1 Å². The number of nitrogen functional groups attached to an aromatic ring is 1. The first-order valence-electron chi connectivity index (χ1n) is 4.02. The molecule has 0 atom stereocenters. The van der Waals surface area contributed by atoms with E-state index in [0.29, 0.717) is 10.8 Å². The van der Waals surface area contributed by atoms with E-state index in [4.69, 9.17) is 5.73 Å². The first-order valence-corrected chi connectivity index (χ1v) is 4.83. The molecule has 0 bridgehead atoms. The van der Waals surface area contributed by atoms with E-state index < -0.39 is 0 Å². The zero-order valence-corrected chi connectivity index (χ0v) is 8.38. The number of aromatic amines is 1. The molecule has 3 N–H and O–H groups in total. The minimum absolute atomic E-state index is 0.650. The summed E-state index contributed by atoms with van der Waals surface area (Å²) in [4.78, 5) is 8.28. The fraction of sp³-hybridized carbons (Fsp3) is 0.125. The topological polar surface area (TPSA) is 80.5 Å². The van der Waals surface area contributed by atoms with Gasteiger partial charge in [-0.3, -0.25) is 5.10 Å². The normalized spacial score (nSPS) is 10.4.